The van der Waals surface area contributed by atoms with Gasteiger partial charge in [-0.25, -0.2) is 0 Å². The Labute approximate surface area is 135 Å². The molecule has 0 aliphatic rings. The SMILES string of the molecule is CCCCOSC(=O)NCCCNC(=O)SOCCCC. The Bertz CT molecular complexity index is 255. The van der Waals surface area contributed by atoms with E-state index in [2.05, 4.69) is 24.5 Å². The van der Waals surface area contributed by atoms with Gasteiger partial charge in [-0.15, -0.1) is 0 Å². The van der Waals surface area contributed by atoms with Crippen molar-refractivity contribution in [3.63, 3.8) is 0 Å². The van der Waals surface area contributed by atoms with Crippen LogP contribution in [0.5, 0.6) is 0 Å². The summed E-state index contributed by atoms with van der Waals surface area (Å²) in [6.45, 7) is 6.31. The van der Waals surface area contributed by atoms with E-state index in [4.69, 9.17) is 8.37 Å². The van der Waals surface area contributed by atoms with Crippen LogP contribution in [0.4, 0.5) is 9.59 Å². The lowest BCUT2D eigenvalue weighted by Crippen LogP contribution is -2.26. The molecule has 0 aromatic heterocycles. The molecule has 0 saturated heterocycles. The summed E-state index contributed by atoms with van der Waals surface area (Å²) in [6, 6.07) is 0. The first kappa shape index (κ1) is 20.6. The van der Waals surface area contributed by atoms with Crippen LogP contribution in [-0.4, -0.2) is 36.8 Å². The van der Waals surface area contributed by atoms with Crippen molar-refractivity contribution in [1.29, 1.82) is 0 Å². The molecule has 0 bridgehead atoms. The van der Waals surface area contributed by atoms with Crippen LogP contribution in [0.2, 0.25) is 0 Å². The molecule has 21 heavy (non-hydrogen) atoms. The van der Waals surface area contributed by atoms with Gasteiger partial charge in [-0.3, -0.25) is 9.59 Å². The second-order valence-corrected chi connectivity index (χ2v) is 5.85. The maximum Gasteiger partial charge on any atom is 0.306 e. The first-order chi connectivity index (χ1) is 10.2. The number of amides is 2. The summed E-state index contributed by atoms with van der Waals surface area (Å²) >= 11 is 1.67. The minimum absolute atomic E-state index is 0.199. The lowest BCUT2D eigenvalue weighted by atomic mass is 10.4. The largest absolute Gasteiger partial charge is 0.345 e. The zero-order valence-electron chi connectivity index (χ0n) is 12.8. The number of carbonyl (C=O) groups excluding carboxylic acids is 2. The summed E-state index contributed by atoms with van der Waals surface area (Å²) in [5, 5.41) is 5.01. The van der Waals surface area contributed by atoms with Crippen LogP contribution in [0.1, 0.15) is 46.0 Å². The normalized spacial score (nSPS) is 10.4. The number of carbonyl (C=O) groups is 2. The molecule has 0 spiro atoms. The van der Waals surface area contributed by atoms with E-state index < -0.39 is 0 Å². The molecule has 2 N–H and O–H groups in total. The van der Waals surface area contributed by atoms with Crippen molar-refractivity contribution < 1.29 is 18.0 Å². The van der Waals surface area contributed by atoms with E-state index >= 15 is 0 Å². The predicted molar refractivity (Wildman–Crippen MR) is 88.3 cm³/mol. The van der Waals surface area contributed by atoms with Crippen LogP contribution < -0.4 is 10.6 Å². The van der Waals surface area contributed by atoms with Gasteiger partial charge in [0.05, 0.1) is 37.3 Å². The Morgan fingerprint density at radius 3 is 1.62 bits per heavy atom. The second kappa shape index (κ2) is 15.9. The van der Waals surface area contributed by atoms with Gasteiger partial charge in [0.25, 0.3) is 0 Å². The van der Waals surface area contributed by atoms with Gasteiger partial charge in [0.15, 0.2) is 0 Å². The quantitative estimate of drug-likeness (QED) is 0.417. The van der Waals surface area contributed by atoms with Crippen molar-refractivity contribution >= 4 is 34.6 Å². The maximum absolute atomic E-state index is 11.3. The highest BCUT2D eigenvalue weighted by Gasteiger charge is 2.04. The van der Waals surface area contributed by atoms with Crippen LogP contribution in [-0.2, 0) is 8.37 Å². The van der Waals surface area contributed by atoms with Crippen LogP contribution in [0.15, 0.2) is 0 Å². The Morgan fingerprint density at radius 1 is 0.810 bits per heavy atom. The maximum atomic E-state index is 11.3. The molecule has 0 heterocycles. The fourth-order valence-corrected chi connectivity index (χ4v) is 2.06. The van der Waals surface area contributed by atoms with Gasteiger partial charge < -0.3 is 19.0 Å². The number of rotatable bonds is 12. The first-order valence-electron chi connectivity index (χ1n) is 7.35. The number of unbranched alkanes of at least 4 members (excludes halogenated alkanes) is 2. The van der Waals surface area contributed by atoms with E-state index in [9.17, 15) is 9.59 Å². The topological polar surface area (TPSA) is 76.7 Å². The fraction of sp³-hybridized carbons (Fsp3) is 0.846. The van der Waals surface area contributed by atoms with E-state index in [1.807, 2.05) is 0 Å². The van der Waals surface area contributed by atoms with Crippen molar-refractivity contribution in [2.75, 3.05) is 26.3 Å². The van der Waals surface area contributed by atoms with Crippen molar-refractivity contribution in [2.45, 2.75) is 46.0 Å². The van der Waals surface area contributed by atoms with Crippen LogP contribution >= 0.6 is 24.1 Å². The summed E-state index contributed by atoms with van der Waals surface area (Å²) in [6.07, 6.45) is 4.65. The molecule has 0 rings (SSSR count). The average molecular weight is 338 g/mol. The third-order valence-electron chi connectivity index (χ3n) is 2.32. The molecule has 0 radical (unpaired) electrons. The van der Waals surface area contributed by atoms with Crippen molar-refractivity contribution in [3.05, 3.63) is 0 Å². The van der Waals surface area contributed by atoms with Crippen molar-refractivity contribution in [2.24, 2.45) is 0 Å². The van der Waals surface area contributed by atoms with Crippen LogP contribution in [0, 0.1) is 0 Å². The summed E-state index contributed by atoms with van der Waals surface area (Å²) < 4.78 is 10.2. The summed E-state index contributed by atoms with van der Waals surface area (Å²) in [5.74, 6) is 0. The summed E-state index contributed by atoms with van der Waals surface area (Å²) in [4.78, 5) is 22.6. The highest BCUT2D eigenvalue weighted by Crippen LogP contribution is 2.06. The Hall–Kier alpha value is -0.440. The van der Waals surface area contributed by atoms with E-state index in [-0.39, 0.29) is 10.5 Å². The molecule has 6 nitrogen and oxygen atoms in total. The molecule has 0 aromatic rings. The zero-order chi connectivity index (χ0) is 15.8. The lowest BCUT2D eigenvalue weighted by Gasteiger charge is -2.06. The van der Waals surface area contributed by atoms with E-state index in [1.54, 1.807) is 0 Å². The Morgan fingerprint density at radius 2 is 1.24 bits per heavy atom. The number of hydrogen-bond acceptors (Lipinski definition) is 6. The number of nitrogens with one attached hydrogen (secondary N) is 2. The van der Waals surface area contributed by atoms with Crippen molar-refractivity contribution in [1.82, 2.24) is 10.6 Å². The smallest absolute Gasteiger partial charge is 0.306 e. The molecule has 0 saturated carbocycles. The molecule has 0 fully saturated rings. The molecular formula is C13H26N2O4S2. The first-order valence-corrected chi connectivity index (χ1v) is 8.83. The Kier molecular flexibility index (Phi) is 15.6. The summed E-state index contributed by atoms with van der Waals surface area (Å²) in [7, 11) is 0. The highest BCUT2D eigenvalue weighted by atomic mass is 32.2. The molecule has 0 atom stereocenters. The molecule has 0 aromatic carbocycles. The molecular weight excluding hydrogens is 312 g/mol. The van der Waals surface area contributed by atoms with Gasteiger partial charge in [-0.2, -0.15) is 0 Å². The third-order valence-corrected chi connectivity index (χ3v) is 3.48. The van der Waals surface area contributed by atoms with Gasteiger partial charge in [0, 0.05) is 13.1 Å². The van der Waals surface area contributed by atoms with Gasteiger partial charge in [0.2, 0.25) is 0 Å². The highest BCUT2D eigenvalue weighted by molar-refractivity contribution is 8.09. The monoisotopic (exact) mass is 338 g/mol. The third kappa shape index (κ3) is 15.8. The minimum Gasteiger partial charge on any atom is -0.345 e. The van der Waals surface area contributed by atoms with Gasteiger partial charge in [0.1, 0.15) is 0 Å². The predicted octanol–water partition coefficient (Wildman–Crippen LogP) is 3.73. The van der Waals surface area contributed by atoms with Crippen LogP contribution in [0.25, 0.3) is 0 Å². The van der Waals surface area contributed by atoms with Gasteiger partial charge in [-0.05, 0) is 19.3 Å². The molecule has 0 aliphatic carbocycles. The number of hydrogen-bond donors (Lipinski definition) is 2. The van der Waals surface area contributed by atoms with Gasteiger partial charge in [-0.1, -0.05) is 26.7 Å². The minimum atomic E-state index is -0.199. The molecule has 2 amide bonds. The Balaban J connectivity index is 3.30. The fourth-order valence-electron chi connectivity index (χ4n) is 1.13. The molecule has 124 valence electrons. The average Bonchev–Trinajstić information content (AvgIpc) is 2.48. The van der Waals surface area contributed by atoms with Crippen molar-refractivity contribution in [3.8, 4) is 0 Å². The molecule has 0 unspecified atom stereocenters. The standard InChI is InChI=1S/C13H26N2O4S2/c1-3-5-10-18-20-12(16)14-8-7-9-15-13(17)21-19-11-6-4-2/h3-11H2,1-2H3,(H,14,16)(H,15,17). The van der Waals surface area contributed by atoms with E-state index in [1.165, 1.54) is 0 Å². The zero-order valence-corrected chi connectivity index (χ0v) is 14.4. The van der Waals surface area contributed by atoms with E-state index in [0.717, 1.165) is 49.8 Å². The second-order valence-electron chi connectivity index (χ2n) is 4.30. The van der Waals surface area contributed by atoms with Crippen LogP contribution in [0.3, 0.4) is 0 Å². The molecule has 0 aliphatic heterocycles. The summed E-state index contributed by atoms with van der Waals surface area (Å²) in [5.41, 5.74) is 0. The van der Waals surface area contributed by atoms with E-state index in [0.29, 0.717) is 32.7 Å². The van der Waals surface area contributed by atoms with Gasteiger partial charge >= 0.3 is 10.5 Å². The lowest BCUT2D eigenvalue weighted by molar-refractivity contribution is 0.256. The molecule has 8 heteroatoms.